The molecule has 0 amide bonds. The fourth-order valence-corrected chi connectivity index (χ4v) is 3.85. The van der Waals surface area contributed by atoms with Crippen LogP contribution in [0.25, 0.3) is 0 Å². The number of nitrogens with zero attached hydrogens (tertiary/aromatic N) is 1. The molecule has 20 heavy (non-hydrogen) atoms. The maximum atomic E-state index is 5.59. The Morgan fingerprint density at radius 3 is 2.75 bits per heavy atom. The average molecular weight is 289 g/mol. The van der Waals surface area contributed by atoms with Gasteiger partial charge in [-0.2, -0.15) is 0 Å². The normalized spacial score (nSPS) is 24.4. The number of methoxy groups -OCH3 is 1. The molecule has 1 aromatic carbocycles. The molecule has 0 aliphatic carbocycles. The summed E-state index contributed by atoms with van der Waals surface area (Å²) in [5.74, 6) is 1.32. The third-order valence-corrected chi connectivity index (χ3v) is 5.23. The van der Waals surface area contributed by atoms with Crippen molar-refractivity contribution in [2.45, 2.75) is 18.6 Å². The van der Waals surface area contributed by atoms with Crippen LogP contribution in [0.3, 0.4) is 0 Å². The Kier molecular flexibility index (Phi) is 3.61. The highest BCUT2D eigenvalue weighted by Gasteiger charge is 2.39. The molecular weight excluding hydrogens is 270 g/mol. The molecular formula is C16H19NO2S. The first-order valence-electron chi connectivity index (χ1n) is 6.78. The Morgan fingerprint density at radius 1 is 1.30 bits per heavy atom. The van der Waals surface area contributed by atoms with E-state index in [0.717, 1.165) is 23.0 Å². The van der Waals surface area contributed by atoms with Gasteiger partial charge in [0, 0.05) is 22.4 Å². The lowest BCUT2D eigenvalue weighted by molar-refractivity contribution is 0.181. The quantitative estimate of drug-likeness (QED) is 0.835. The van der Waals surface area contributed by atoms with Crippen LogP contribution in [0.15, 0.2) is 41.0 Å². The molecule has 0 radical (unpaired) electrons. The van der Waals surface area contributed by atoms with Gasteiger partial charge in [-0.15, -0.1) is 0 Å². The number of fused-ring (bicyclic) bond motifs is 1. The van der Waals surface area contributed by atoms with Gasteiger partial charge in [0.2, 0.25) is 0 Å². The van der Waals surface area contributed by atoms with Crippen LogP contribution in [-0.4, -0.2) is 30.1 Å². The van der Waals surface area contributed by atoms with Gasteiger partial charge in [-0.3, -0.25) is 0 Å². The zero-order chi connectivity index (χ0) is 14.2. The monoisotopic (exact) mass is 289 g/mol. The number of hydrogen-bond donors (Lipinski definition) is 0. The molecule has 0 bridgehead atoms. The highest BCUT2D eigenvalue weighted by molar-refractivity contribution is 8.15. The number of hydrogen-bond acceptors (Lipinski definition) is 4. The van der Waals surface area contributed by atoms with Crippen LogP contribution >= 0.6 is 11.8 Å². The second-order valence-corrected chi connectivity index (χ2v) is 7.28. The highest BCUT2D eigenvalue weighted by atomic mass is 32.2. The number of aliphatic imine (C=N–C) groups is 1. The fourth-order valence-electron chi connectivity index (χ4n) is 2.63. The van der Waals surface area contributed by atoms with E-state index in [1.165, 1.54) is 5.57 Å². The molecule has 1 atom stereocenters. The smallest absolute Gasteiger partial charge is 0.118 e. The number of ether oxygens (including phenoxy) is 2. The lowest BCUT2D eigenvalue weighted by Gasteiger charge is -2.29. The van der Waals surface area contributed by atoms with Crippen molar-refractivity contribution in [1.82, 2.24) is 0 Å². The molecule has 2 heterocycles. The van der Waals surface area contributed by atoms with E-state index in [9.17, 15) is 0 Å². The van der Waals surface area contributed by atoms with Gasteiger partial charge in [0.25, 0.3) is 0 Å². The van der Waals surface area contributed by atoms with Crippen LogP contribution in [-0.2, 0) is 4.74 Å². The van der Waals surface area contributed by atoms with Gasteiger partial charge in [0.05, 0.1) is 20.3 Å². The maximum absolute atomic E-state index is 5.59. The molecule has 0 saturated carbocycles. The minimum Gasteiger partial charge on any atom is -0.497 e. The summed E-state index contributed by atoms with van der Waals surface area (Å²) in [6, 6.07) is 8.09. The van der Waals surface area contributed by atoms with Gasteiger partial charge in [-0.05, 0) is 43.7 Å². The fraction of sp³-hybridized carbons (Fsp3) is 0.438. The van der Waals surface area contributed by atoms with E-state index in [2.05, 4.69) is 31.0 Å². The summed E-state index contributed by atoms with van der Waals surface area (Å²) in [5.41, 5.74) is 2.45. The third-order valence-electron chi connectivity index (χ3n) is 3.88. The summed E-state index contributed by atoms with van der Waals surface area (Å²) in [6.45, 7) is 6.07. The molecule has 0 aromatic heterocycles. The number of benzene rings is 1. The SMILES string of the molecule is COc1ccc(C2=NC=C3COCC3C(C)(C)S2)cc1. The Morgan fingerprint density at radius 2 is 2.05 bits per heavy atom. The summed E-state index contributed by atoms with van der Waals surface area (Å²) in [6.07, 6.45) is 2.00. The molecule has 3 rings (SSSR count). The van der Waals surface area contributed by atoms with Crippen LogP contribution in [0.1, 0.15) is 19.4 Å². The topological polar surface area (TPSA) is 30.8 Å². The van der Waals surface area contributed by atoms with E-state index >= 15 is 0 Å². The third kappa shape index (κ3) is 2.50. The molecule has 0 spiro atoms. The van der Waals surface area contributed by atoms with Crippen LogP contribution in [0.5, 0.6) is 5.75 Å². The predicted octanol–water partition coefficient (Wildman–Crippen LogP) is 3.50. The van der Waals surface area contributed by atoms with Crippen LogP contribution in [0, 0.1) is 5.92 Å². The van der Waals surface area contributed by atoms with Crippen molar-refractivity contribution in [2.24, 2.45) is 10.9 Å². The molecule has 2 aliphatic heterocycles. The van der Waals surface area contributed by atoms with E-state index in [-0.39, 0.29) is 4.75 Å². The summed E-state index contributed by atoms with van der Waals surface area (Å²) in [4.78, 5) is 4.68. The first-order valence-corrected chi connectivity index (χ1v) is 7.60. The summed E-state index contributed by atoms with van der Waals surface area (Å²) in [5, 5.41) is 1.07. The highest BCUT2D eigenvalue weighted by Crippen LogP contribution is 2.43. The van der Waals surface area contributed by atoms with Crippen LogP contribution in [0.2, 0.25) is 0 Å². The van der Waals surface area contributed by atoms with Crippen molar-refractivity contribution in [2.75, 3.05) is 20.3 Å². The van der Waals surface area contributed by atoms with Crippen molar-refractivity contribution in [3.8, 4) is 5.75 Å². The molecule has 4 heteroatoms. The lowest BCUT2D eigenvalue weighted by Crippen LogP contribution is -2.29. The van der Waals surface area contributed by atoms with Gasteiger partial charge in [-0.1, -0.05) is 11.8 Å². The van der Waals surface area contributed by atoms with Crippen molar-refractivity contribution in [3.63, 3.8) is 0 Å². The number of rotatable bonds is 2. The van der Waals surface area contributed by atoms with E-state index in [4.69, 9.17) is 9.47 Å². The zero-order valence-corrected chi connectivity index (χ0v) is 12.9. The van der Waals surface area contributed by atoms with Crippen molar-refractivity contribution in [1.29, 1.82) is 0 Å². The van der Waals surface area contributed by atoms with Crippen molar-refractivity contribution >= 4 is 16.8 Å². The van der Waals surface area contributed by atoms with E-state index in [1.54, 1.807) is 7.11 Å². The van der Waals surface area contributed by atoms with Gasteiger partial charge in [0.1, 0.15) is 10.8 Å². The Balaban J connectivity index is 1.93. The summed E-state index contributed by atoms with van der Waals surface area (Å²) < 4.78 is 10.9. The zero-order valence-electron chi connectivity index (χ0n) is 12.1. The van der Waals surface area contributed by atoms with Gasteiger partial charge in [0.15, 0.2) is 0 Å². The van der Waals surface area contributed by atoms with E-state index in [0.29, 0.717) is 12.5 Å². The van der Waals surface area contributed by atoms with E-state index in [1.807, 2.05) is 30.1 Å². The van der Waals surface area contributed by atoms with Crippen molar-refractivity contribution < 1.29 is 9.47 Å². The Hall–Kier alpha value is -1.26. The maximum Gasteiger partial charge on any atom is 0.118 e. The van der Waals surface area contributed by atoms with Gasteiger partial charge >= 0.3 is 0 Å². The van der Waals surface area contributed by atoms with Gasteiger partial charge < -0.3 is 9.47 Å². The summed E-state index contributed by atoms with van der Waals surface area (Å²) >= 11 is 1.83. The molecule has 3 nitrogen and oxygen atoms in total. The second kappa shape index (κ2) is 5.26. The molecule has 1 saturated heterocycles. The molecule has 0 N–H and O–H groups in total. The second-order valence-electron chi connectivity index (χ2n) is 5.64. The van der Waals surface area contributed by atoms with Gasteiger partial charge in [-0.25, -0.2) is 4.99 Å². The average Bonchev–Trinajstić information content (AvgIpc) is 2.88. The molecule has 2 aliphatic rings. The molecule has 1 unspecified atom stereocenters. The van der Waals surface area contributed by atoms with Crippen LogP contribution < -0.4 is 4.74 Å². The minimum atomic E-state index is 0.0948. The first kappa shape index (κ1) is 13.7. The minimum absolute atomic E-state index is 0.0948. The standard InChI is InChI=1S/C16H19NO2S/c1-16(2)14-10-19-9-12(14)8-17-15(20-16)11-4-6-13(18-3)7-5-11/h4-8,14H,9-10H2,1-3H3. The first-order chi connectivity index (χ1) is 9.60. The lowest BCUT2D eigenvalue weighted by atomic mass is 9.90. The predicted molar refractivity (Wildman–Crippen MR) is 83.6 cm³/mol. The van der Waals surface area contributed by atoms with Crippen LogP contribution in [0.4, 0.5) is 0 Å². The van der Waals surface area contributed by atoms with Crippen molar-refractivity contribution in [3.05, 3.63) is 41.6 Å². The van der Waals surface area contributed by atoms with E-state index < -0.39 is 0 Å². The molecule has 106 valence electrons. The largest absolute Gasteiger partial charge is 0.497 e. The Labute approximate surface area is 124 Å². The Bertz CT molecular complexity index is 560. The summed E-state index contributed by atoms with van der Waals surface area (Å²) in [7, 11) is 1.68. The molecule has 1 fully saturated rings. The molecule has 1 aromatic rings. The number of thioether (sulfide) groups is 1.